The number of rotatable bonds is 6. The van der Waals surface area contributed by atoms with Gasteiger partial charge in [0.15, 0.2) is 5.11 Å². The van der Waals surface area contributed by atoms with Crippen LogP contribution in [0.25, 0.3) is 0 Å². The zero-order chi connectivity index (χ0) is 21.8. The van der Waals surface area contributed by atoms with Crippen LogP contribution in [0.5, 0.6) is 0 Å². The second-order valence-corrected chi connectivity index (χ2v) is 8.05. The first-order valence-electron chi connectivity index (χ1n) is 9.26. The van der Waals surface area contributed by atoms with Crippen LogP contribution >= 0.6 is 35.4 Å². The molecule has 0 amide bonds. The Balaban J connectivity index is 1.33. The number of hydrogen-bond donors (Lipinski definition) is 2. The normalized spacial score (nSPS) is 10.8. The molecule has 0 bridgehead atoms. The topological polar surface area (TPSA) is 59.7 Å². The lowest BCUT2D eigenvalue weighted by molar-refractivity contribution is 0.624. The van der Waals surface area contributed by atoms with Gasteiger partial charge < -0.3 is 10.6 Å². The van der Waals surface area contributed by atoms with Crippen molar-refractivity contribution in [1.82, 2.24) is 19.6 Å². The molecule has 0 unspecified atom stereocenters. The van der Waals surface area contributed by atoms with E-state index in [9.17, 15) is 4.39 Å². The predicted octanol–water partition coefficient (Wildman–Crippen LogP) is 5.43. The van der Waals surface area contributed by atoms with Crippen molar-refractivity contribution in [2.24, 2.45) is 0 Å². The largest absolute Gasteiger partial charge is 0.330 e. The van der Waals surface area contributed by atoms with Gasteiger partial charge >= 0.3 is 0 Å². The fourth-order valence-corrected chi connectivity index (χ4v) is 3.65. The van der Waals surface area contributed by atoms with Gasteiger partial charge in [-0.25, -0.2) is 4.39 Å². The Kier molecular flexibility index (Phi) is 6.50. The highest BCUT2D eigenvalue weighted by atomic mass is 35.5. The maximum atomic E-state index is 13.2. The van der Waals surface area contributed by atoms with Crippen molar-refractivity contribution >= 4 is 51.9 Å². The number of thiocarbonyl (C=S) groups is 1. The lowest BCUT2D eigenvalue weighted by Crippen LogP contribution is -2.18. The second-order valence-electron chi connectivity index (χ2n) is 6.80. The maximum absolute atomic E-state index is 13.2. The van der Waals surface area contributed by atoms with E-state index in [0.717, 1.165) is 16.8 Å². The quantitative estimate of drug-likeness (QED) is 0.364. The van der Waals surface area contributed by atoms with Gasteiger partial charge in [0.25, 0.3) is 0 Å². The molecule has 0 radical (unpaired) electrons. The molecule has 31 heavy (non-hydrogen) atoms. The molecule has 0 atom stereocenters. The molecule has 2 aromatic carbocycles. The van der Waals surface area contributed by atoms with Gasteiger partial charge in [-0.05, 0) is 47.6 Å². The van der Waals surface area contributed by atoms with Gasteiger partial charge in [-0.15, -0.1) is 0 Å². The number of nitrogens with zero attached hydrogens (tertiary/aromatic N) is 4. The molecule has 10 heteroatoms. The maximum Gasteiger partial charge on any atom is 0.175 e. The lowest BCUT2D eigenvalue weighted by atomic mass is 10.2. The molecule has 4 aromatic rings. The van der Waals surface area contributed by atoms with E-state index in [-0.39, 0.29) is 5.82 Å². The molecular weight excluding hydrogens is 458 g/mol. The van der Waals surface area contributed by atoms with Gasteiger partial charge in [0.05, 0.1) is 36.9 Å². The molecule has 0 spiro atoms. The molecule has 0 aliphatic rings. The minimum atomic E-state index is -0.371. The summed E-state index contributed by atoms with van der Waals surface area (Å²) in [5, 5.41) is 16.2. The van der Waals surface area contributed by atoms with Crippen molar-refractivity contribution in [3.63, 3.8) is 0 Å². The SMILES string of the molecule is Fc1ccc(Cn2cc(NC(=S)Nc3cnn(Cc4cccc(Cl)c4)c3)cn2)c(Cl)c1. The smallest absolute Gasteiger partial charge is 0.175 e. The third-order valence-electron chi connectivity index (χ3n) is 4.36. The van der Waals surface area contributed by atoms with E-state index in [1.807, 2.05) is 30.5 Å². The predicted molar refractivity (Wildman–Crippen MR) is 125 cm³/mol. The zero-order valence-electron chi connectivity index (χ0n) is 16.1. The summed E-state index contributed by atoms with van der Waals surface area (Å²) in [5.74, 6) is -0.371. The number of hydrogen-bond acceptors (Lipinski definition) is 3. The average Bonchev–Trinajstić information content (AvgIpc) is 3.33. The van der Waals surface area contributed by atoms with Crippen molar-refractivity contribution in [3.05, 3.63) is 94.2 Å². The highest BCUT2D eigenvalue weighted by Gasteiger charge is 2.07. The first-order valence-corrected chi connectivity index (χ1v) is 10.4. The van der Waals surface area contributed by atoms with Crippen molar-refractivity contribution in [3.8, 4) is 0 Å². The second kappa shape index (κ2) is 9.47. The molecule has 2 heterocycles. The number of anilines is 2. The van der Waals surface area contributed by atoms with Crippen LogP contribution in [-0.2, 0) is 13.1 Å². The van der Waals surface area contributed by atoms with Gasteiger partial charge in [-0.2, -0.15) is 10.2 Å². The summed E-state index contributed by atoms with van der Waals surface area (Å²) in [6.07, 6.45) is 6.98. The van der Waals surface area contributed by atoms with E-state index >= 15 is 0 Å². The molecule has 0 saturated heterocycles. The molecule has 2 N–H and O–H groups in total. The molecule has 0 aliphatic heterocycles. The number of aromatic nitrogens is 4. The van der Waals surface area contributed by atoms with Gasteiger partial charge in [0.1, 0.15) is 5.82 Å². The van der Waals surface area contributed by atoms with Crippen molar-refractivity contribution in [2.75, 3.05) is 10.6 Å². The van der Waals surface area contributed by atoms with Crippen LogP contribution in [0.3, 0.4) is 0 Å². The summed E-state index contributed by atoms with van der Waals surface area (Å²) in [5.41, 5.74) is 3.29. The number of halogens is 3. The Morgan fingerprint density at radius 3 is 2.26 bits per heavy atom. The zero-order valence-corrected chi connectivity index (χ0v) is 18.4. The summed E-state index contributed by atoms with van der Waals surface area (Å²) in [6, 6.07) is 11.9. The monoisotopic (exact) mass is 474 g/mol. The summed E-state index contributed by atoms with van der Waals surface area (Å²) in [7, 11) is 0. The van der Waals surface area contributed by atoms with Crippen LogP contribution in [0.2, 0.25) is 10.0 Å². The summed E-state index contributed by atoms with van der Waals surface area (Å²) < 4.78 is 16.7. The lowest BCUT2D eigenvalue weighted by Gasteiger charge is -2.07. The molecule has 0 saturated carbocycles. The number of nitrogens with one attached hydrogen (secondary N) is 2. The first kappa shape index (κ1) is 21.3. The van der Waals surface area contributed by atoms with Crippen molar-refractivity contribution in [1.29, 1.82) is 0 Å². The molecule has 2 aromatic heterocycles. The molecule has 4 rings (SSSR count). The molecule has 158 valence electrons. The highest BCUT2D eigenvalue weighted by molar-refractivity contribution is 7.80. The van der Waals surface area contributed by atoms with Crippen molar-refractivity contribution < 1.29 is 4.39 Å². The van der Waals surface area contributed by atoms with Gasteiger partial charge in [0.2, 0.25) is 0 Å². The Morgan fingerprint density at radius 1 is 0.935 bits per heavy atom. The van der Waals surface area contributed by atoms with Crippen molar-refractivity contribution in [2.45, 2.75) is 13.1 Å². The first-order chi connectivity index (χ1) is 14.9. The Morgan fingerprint density at radius 2 is 1.61 bits per heavy atom. The van der Waals surface area contributed by atoms with Crippen LogP contribution in [0.15, 0.2) is 67.3 Å². The fourth-order valence-electron chi connectivity index (χ4n) is 2.97. The van der Waals surface area contributed by atoms with E-state index in [0.29, 0.717) is 33.9 Å². The average molecular weight is 475 g/mol. The molecule has 6 nitrogen and oxygen atoms in total. The Hall–Kier alpha value is -2.94. The third kappa shape index (κ3) is 5.81. The fraction of sp³-hybridized carbons (Fsp3) is 0.0952. The van der Waals surface area contributed by atoms with E-state index in [4.69, 9.17) is 35.4 Å². The van der Waals surface area contributed by atoms with Gasteiger partial charge in [-0.1, -0.05) is 41.4 Å². The van der Waals surface area contributed by atoms with Gasteiger partial charge in [0, 0.05) is 22.4 Å². The van der Waals surface area contributed by atoms with Crippen LogP contribution in [0.4, 0.5) is 15.8 Å². The minimum Gasteiger partial charge on any atom is -0.330 e. The van der Waals surface area contributed by atoms with E-state index < -0.39 is 0 Å². The summed E-state index contributed by atoms with van der Waals surface area (Å²) in [4.78, 5) is 0. The standard InChI is InChI=1S/C21H17Cl2FN6S/c22-16-3-1-2-14(6-16)10-29-12-18(8-25-29)27-21(31)28-19-9-26-30(13-19)11-15-4-5-17(24)7-20(15)23/h1-9,12-13H,10-11H2,(H2,27,28,31). The van der Waals surface area contributed by atoms with E-state index in [1.54, 1.807) is 34.0 Å². The van der Waals surface area contributed by atoms with Crippen LogP contribution < -0.4 is 10.6 Å². The van der Waals surface area contributed by atoms with E-state index in [2.05, 4.69) is 20.8 Å². The molecule has 0 fully saturated rings. The van der Waals surface area contributed by atoms with Crippen LogP contribution in [0, 0.1) is 5.82 Å². The Labute approximate surface area is 193 Å². The minimum absolute atomic E-state index is 0.358. The third-order valence-corrected chi connectivity index (χ3v) is 5.15. The highest BCUT2D eigenvalue weighted by Crippen LogP contribution is 2.19. The molecule has 0 aliphatic carbocycles. The van der Waals surface area contributed by atoms with Crippen LogP contribution in [0.1, 0.15) is 11.1 Å². The molecular formula is C21H17Cl2FN6S. The summed E-state index contributed by atoms with van der Waals surface area (Å²) >= 11 is 17.5. The number of benzene rings is 2. The van der Waals surface area contributed by atoms with Crippen LogP contribution in [-0.4, -0.2) is 24.7 Å². The van der Waals surface area contributed by atoms with Gasteiger partial charge in [-0.3, -0.25) is 9.36 Å². The summed E-state index contributed by atoms with van der Waals surface area (Å²) in [6.45, 7) is 1.01. The van der Waals surface area contributed by atoms with E-state index in [1.165, 1.54) is 12.1 Å². The Bertz CT molecular complexity index is 1220.